The third kappa shape index (κ3) is 6.84. The van der Waals surface area contributed by atoms with Crippen LogP contribution >= 0.6 is 0 Å². The predicted molar refractivity (Wildman–Crippen MR) is 140 cm³/mol. The number of rotatable bonds is 11. The van der Waals surface area contributed by atoms with E-state index in [4.69, 9.17) is 5.14 Å². The zero-order valence-electron chi connectivity index (χ0n) is 21.0. The molecule has 3 aliphatic heterocycles. The molecule has 0 bridgehead atoms. The molecule has 0 spiro atoms. The number of nitrogens with two attached hydrogens (primary N) is 1. The molecule has 2 fully saturated rings. The fourth-order valence-corrected chi connectivity index (χ4v) is 8.56. The number of fused-ring (bicyclic) bond motifs is 4. The zero-order valence-corrected chi connectivity index (χ0v) is 22.6. The van der Waals surface area contributed by atoms with Crippen LogP contribution in [0.1, 0.15) is 81.0 Å². The summed E-state index contributed by atoms with van der Waals surface area (Å²) in [5.74, 6) is 0.294. The minimum Gasteiger partial charge on any atom is -0.296 e. The number of piperidine rings is 2. The number of benzene rings is 1. The Morgan fingerprint density at radius 1 is 1.09 bits per heavy atom. The molecule has 0 aliphatic carbocycles. The normalized spacial score (nSPS) is 25.6. The Labute approximate surface area is 211 Å². The summed E-state index contributed by atoms with van der Waals surface area (Å²) >= 11 is 0. The molecule has 3 atom stereocenters. The highest BCUT2D eigenvalue weighted by molar-refractivity contribution is 7.89. The van der Waals surface area contributed by atoms with Crippen LogP contribution in [0.15, 0.2) is 18.2 Å². The summed E-state index contributed by atoms with van der Waals surface area (Å²) in [6.45, 7) is 4.83. The van der Waals surface area contributed by atoms with Gasteiger partial charge in [0, 0.05) is 38.3 Å². The van der Waals surface area contributed by atoms with Crippen LogP contribution in [0.4, 0.5) is 0 Å². The molecule has 0 radical (unpaired) electrons. The van der Waals surface area contributed by atoms with E-state index in [9.17, 15) is 16.8 Å². The largest absolute Gasteiger partial charge is 0.296 e. The summed E-state index contributed by atoms with van der Waals surface area (Å²) < 4.78 is 52.6. The first-order valence-electron chi connectivity index (χ1n) is 13.3. The van der Waals surface area contributed by atoms with Crippen LogP contribution in [-0.2, 0) is 33.1 Å². The maximum absolute atomic E-state index is 13.3. The molecular formula is C25H42N4O4S2. The average molecular weight is 527 g/mol. The standard InChI is InChI=1S/C25H42N4O4S2/c1-2-3-4-5-8-20-10-11-23-21(17-20)12-15-28-19-22-9-6-14-29(24(22)18-25(23)28)34(30,31)16-7-13-27-35(26,32)33/h10-11,17,22,24-25,27H,2-9,12-16,18-19H2,1H3,(H2,26,32,33)/t22-,24+,25-/m0/s1. The maximum Gasteiger partial charge on any atom is 0.274 e. The van der Waals surface area contributed by atoms with Crippen molar-refractivity contribution in [2.45, 2.75) is 83.2 Å². The molecule has 0 unspecified atom stereocenters. The van der Waals surface area contributed by atoms with Crippen LogP contribution in [0.5, 0.6) is 0 Å². The highest BCUT2D eigenvalue weighted by Gasteiger charge is 2.45. The Morgan fingerprint density at radius 3 is 2.69 bits per heavy atom. The molecule has 2 saturated heterocycles. The third-order valence-corrected chi connectivity index (χ3v) is 10.6. The van der Waals surface area contributed by atoms with Crippen molar-refractivity contribution in [2.75, 3.05) is 31.9 Å². The summed E-state index contributed by atoms with van der Waals surface area (Å²) in [4.78, 5) is 2.58. The van der Waals surface area contributed by atoms with Crippen molar-refractivity contribution >= 4 is 20.2 Å². The fourth-order valence-electron chi connectivity index (χ4n) is 6.31. The first-order valence-corrected chi connectivity index (χ1v) is 16.5. The Kier molecular flexibility index (Phi) is 8.92. The van der Waals surface area contributed by atoms with Gasteiger partial charge in [0.1, 0.15) is 0 Å². The number of hydrogen-bond acceptors (Lipinski definition) is 5. The Morgan fingerprint density at radius 2 is 1.91 bits per heavy atom. The average Bonchev–Trinajstić information content (AvgIpc) is 2.82. The van der Waals surface area contributed by atoms with Crippen LogP contribution in [-0.4, -0.2) is 64.0 Å². The van der Waals surface area contributed by atoms with E-state index < -0.39 is 20.2 Å². The molecule has 0 aromatic heterocycles. The van der Waals surface area contributed by atoms with Crippen molar-refractivity contribution in [3.05, 3.63) is 34.9 Å². The number of unbranched alkanes of at least 4 members (excludes halogenated alkanes) is 3. The molecule has 10 heteroatoms. The van der Waals surface area contributed by atoms with Crippen LogP contribution in [0.25, 0.3) is 0 Å². The number of nitrogens with zero attached hydrogens (tertiary/aromatic N) is 2. The van der Waals surface area contributed by atoms with Gasteiger partial charge in [-0.2, -0.15) is 12.7 Å². The van der Waals surface area contributed by atoms with Crippen molar-refractivity contribution < 1.29 is 16.8 Å². The van der Waals surface area contributed by atoms with Gasteiger partial charge in [-0.3, -0.25) is 4.90 Å². The van der Waals surface area contributed by atoms with Crippen molar-refractivity contribution in [3.8, 4) is 0 Å². The van der Waals surface area contributed by atoms with Gasteiger partial charge in [-0.25, -0.2) is 18.3 Å². The van der Waals surface area contributed by atoms with Gasteiger partial charge in [-0.05, 0) is 67.6 Å². The van der Waals surface area contributed by atoms with E-state index in [-0.39, 0.29) is 30.8 Å². The van der Waals surface area contributed by atoms with Crippen molar-refractivity contribution in [1.82, 2.24) is 13.9 Å². The van der Waals surface area contributed by atoms with Gasteiger partial charge in [0.05, 0.1) is 5.75 Å². The SMILES string of the molecule is CCCCCCc1ccc2c(c1)CCN1C[C@@H]3CCCN(S(=O)(=O)CCCNS(N)(=O)=O)[C@@H]3C[C@@H]21. The lowest BCUT2D eigenvalue weighted by atomic mass is 9.77. The van der Waals surface area contributed by atoms with E-state index in [1.807, 2.05) is 0 Å². The molecule has 1 aromatic carbocycles. The van der Waals surface area contributed by atoms with E-state index in [1.165, 1.54) is 42.4 Å². The highest BCUT2D eigenvalue weighted by Crippen LogP contribution is 2.43. The van der Waals surface area contributed by atoms with Crippen molar-refractivity contribution in [2.24, 2.45) is 11.1 Å². The minimum absolute atomic E-state index is 0.0147. The summed E-state index contributed by atoms with van der Waals surface area (Å²) in [5, 5.41) is 4.96. The molecule has 1 aromatic rings. The highest BCUT2D eigenvalue weighted by atomic mass is 32.2. The molecule has 198 valence electrons. The molecule has 4 rings (SSSR count). The van der Waals surface area contributed by atoms with E-state index in [0.29, 0.717) is 12.5 Å². The van der Waals surface area contributed by atoms with E-state index >= 15 is 0 Å². The number of sulfonamides is 1. The fraction of sp³-hybridized carbons (Fsp3) is 0.760. The first-order chi connectivity index (χ1) is 16.7. The Bertz CT molecular complexity index is 1080. The first kappa shape index (κ1) is 27.0. The van der Waals surface area contributed by atoms with E-state index in [2.05, 4.69) is 34.7 Å². The second kappa shape index (κ2) is 11.6. The van der Waals surface area contributed by atoms with E-state index in [1.54, 1.807) is 4.31 Å². The number of hydrogen-bond donors (Lipinski definition) is 2. The van der Waals surface area contributed by atoms with Crippen LogP contribution in [0, 0.1) is 5.92 Å². The smallest absolute Gasteiger partial charge is 0.274 e. The summed E-state index contributed by atoms with van der Waals surface area (Å²) in [6, 6.07) is 7.28. The van der Waals surface area contributed by atoms with Gasteiger partial charge in [-0.15, -0.1) is 0 Å². The summed E-state index contributed by atoms with van der Waals surface area (Å²) in [6.07, 6.45) is 10.3. The molecule has 3 N–H and O–H groups in total. The monoisotopic (exact) mass is 526 g/mol. The van der Waals surface area contributed by atoms with Gasteiger partial charge in [-0.1, -0.05) is 44.4 Å². The minimum atomic E-state index is -3.80. The zero-order chi connectivity index (χ0) is 25.1. The van der Waals surface area contributed by atoms with Gasteiger partial charge >= 0.3 is 0 Å². The van der Waals surface area contributed by atoms with Gasteiger partial charge in [0.2, 0.25) is 10.0 Å². The topological polar surface area (TPSA) is 113 Å². The molecule has 0 amide bonds. The predicted octanol–water partition coefficient (Wildman–Crippen LogP) is 2.71. The Hall–Kier alpha value is -1.04. The lowest BCUT2D eigenvalue weighted by Crippen LogP contribution is -2.57. The van der Waals surface area contributed by atoms with Gasteiger partial charge in [0.15, 0.2) is 0 Å². The second-order valence-electron chi connectivity index (χ2n) is 10.5. The van der Waals surface area contributed by atoms with Gasteiger partial charge in [0.25, 0.3) is 10.2 Å². The van der Waals surface area contributed by atoms with Crippen LogP contribution in [0.3, 0.4) is 0 Å². The van der Waals surface area contributed by atoms with E-state index in [0.717, 1.165) is 45.2 Å². The number of aryl methyl sites for hydroxylation is 1. The quantitative estimate of drug-likeness (QED) is 0.431. The molecular weight excluding hydrogens is 484 g/mol. The lowest BCUT2D eigenvalue weighted by Gasteiger charge is -2.51. The molecule has 3 aliphatic rings. The van der Waals surface area contributed by atoms with Crippen LogP contribution in [0.2, 0.25) is 0 Å². The number of nitrogens with one attached hydrogen (secondary N) is 1. The Balaban J connectivity index is 1.44. The molecule has 8 nitrogen and oxygen atoms in total. The molecule has 3 heterocycles. The maximum atomic E-state index is 13.3. The molecule has 0 saturated carbocycles. The van der Waals surface area contributed by atoms with Crippen LogP contribution < -0.4 is 9.86 Å². The summed E-state index contributed by atoms with van der Waals surface area (Å²) in [7, 11) is -7.27. The van der Waals surface area contributed by atoms with Crippen molar-refractivity contribution in [3.63, 3.8) is 0 Å². The summed E-state index contributed by atoms with van der Waals surface area (Å²) in [5.41, 5.74) is 4.25. The lowest BCUT2D eigenvalue weighted by molar-refractivity contribution is 0.0220. The van der Waals surface area contributed by atoms with Crippen molar-refractivity contribution in [1.29, 1.82) is 0 Å². The van der Waals surface area contributed by atoms with Gasteiger partial charge < -0.3 is 0 Å². The third-order valence-electron chi connectivity index (χ3n) is 8.04. The second-order valence-corrected chi connectivity index (χ2v) is 13.9. The molecule has 35 heavy (non-hydrogen) atoms.